The minimum absolute atomic E-state index is 0.0315. The summed E-state index contributed by atoms with van der Waals surface area (Å²) in [5, 5.41) is 3.07. The largest absolute Gasteiger partial charge is 0.496 e. The van der Waals surface area contributed by atoms with Crippen molar-refractivity contribution in [2.75, 3.05) is 12.4 Å². The van der Waals surface area contributed by atoms with E-state index in [0.717, 1.165) is 22.5 Å². The fraction of sp³-hybridized carbons (Fsp3) is 0.333. The summed E-state index contributed by atoms with van der Waals surface area (Å²) in [6, 6.07) is 11.7. The molecule has 3 aromatic rings. The molecule has 0 radical (unpaired) electrons. The molecule has 26 heavy (non-hydrogen) atoms. The number of hydrogen-bond acceptors (Lipinski definition) is 3. The van der Waals surface area contributed by atoms with Gasteiger partial charge in [0.05, 0.1) is 7.11 Å². The Morgan fingerprint density at radius 2 is 1.96 bits per heavy atom. The van der Waals surface area contributed by atoms with E-state index in [1.54, 1.807) is 7.11 Å². The van der Waals surface area contributed by atoms with Crippen molar-refractivity contribution in [2.24, 2.45) is 5.41 Å². The third-order valence-corrected chi connectivity index (χ3v) is 4.09. The highest BCUT2D eigenvalue weighted by molar-refractivity contribution is 5.95. The van der Waals surface area contributed by atoms with Gasteiger partial charge < -0.3 is 10.1 Å². The molecule has 1 aromatic carbocycles. The summed E-state index contributed by atoms with van der Waals surface area (Å²) in [7, 11) is 1.64. The van der Waals surface area contributed by atoms with E-state index in [2.05, 4.69) is 5.32 Å². The Labute approximate surface area is 154 Å². The van der Waals surface area contributed by atoms with Crippen molar-refractivity contribution in [1.82, 2.24) is 9.38 Å². The van der Waals surface area contributed by atoms with Gasteiger partial charge in [-0.3, -0.25) is 9.20 Å². The van der Waals surface area contributed by atoms with Gasteiger partial charge in [0.15, 0.2) is 0 Å². The Bertz CT molecular complexity index is 952. The van der Waals surface area contributed by atoms with Crippen LogP contribution in [-0.2, 0) is 4.79 Å². The molecule has 0 unspecified atom stereocenters. The van der Waals surface area contributed by atoms with Crippen LogP contribution in [0.25, 0.3) is 16.9 Å². The lowest BCUT2D eigenvalue weighted by Gasteiger charge is -2.17. The van der Waals surface area contributed by atoms with E-state index in [1.807, 2.05) is 74.7 Å². The van der Waals surface area contributed by atoms with Gasteiger partial charge >= 0.3 is 0 Å². The lowest BCUT2D eigenvalue weighted by Crippen LogP contribution is -2.20. The van der Waals surface area contributed by atoms with Crippen LogP contribution < -0.4 is 10.1 Å². The van der Waals surface area contributed by atoms with Crippen molar-refractivity contribution >= 4 is 17.4 Å². The second-order valence-corrected chi connectivity index (χ2v) is 7.73. The predicted molar refractivity (Wildman–Crippen MR) is 105 cm³/mol. The maximum Gasteiger partial charge on any atom is 0.226 e. The van der Waals surface area contributed by atoms with E-state index in [4.69, 9.17) is 9.72 Å². The number of nitrogens with zero attached hydrogens (tertiary/aromatic N) is 2. The molecule has 0 aliphatic carbocycles. The van der Waals surface area contributed by atoms with Gasteiger partial charge in [0.1, 0.15) is 22.9 Å². The molecular weight excluding hydrogens is 326 g/mol. The topological polar surface area (TPSA) is 55.6 Å². The van der Waals surface area contributed by atoms with Gasteiger partial charge in [-0.1, -0.05) is 32.9 Å². The molecule has 3 rings (SSSR count). The third-order valence-electron chi connectivity index (χ3n) is 4.09. The van der Waals surface area contributed by atoms with Crippen molar-refractivity contribution in [3.63, 3.8) is 0 Å². The lowest BCUT2D eigenvalue weighted by atomic mass is 9.92. The summed E-state index contributed by atoms with van der Waals surface area (Å²) >= 11 is 0. The molecule has 5 nitrogen and oxygen atoms in total. The van der Waals surface area contributed by atoms with Crippen LogP contribution in [0, 0.1) is 12.3 Å². The van der Waals surface area contributed by atoms with Crippen LogP contribution in [0.1, 0.15) is 32.8 Å². The quantitative estimate of drug-likeness (QED) is 0.742. The second-order valence-electron chi connectivity index (χ2n) is 7.73. The van der Waals surface area contributed by atoms with Crippen molar-refractivity contribution in [3.05, 3.63) is 48.2 Å². The average Bonchev–Trinajstić information content (AvgIpc) is 2.90. The Hall–Kier alpha value is -2.82. The average molecular weight is 351 g/mol. The predicted octanol–water partition coefficient (Wildman–Crippen LogP) is 4.69. The SMILES string of the molecule is COc1ccccc1-c1nc2cc(C)ccn2c1NC(=O)CC(C)(C)C. The summed E-state index contributed by atoms with van der Waals surface area (Å²) < 4.78 is 7.41. The van der Waals surface area contributed by atoms with Crippen molar-refractivity contribution < 1.29 is 9.53 Å². The molecule has 0 spiro atoms. The molecule has 0 fully saturated rings. The van der Waals surface area contributed by atoms with Gasteiger partial charge in [0.25, 0.3) is 0 Å². The third kappa shape index (κ3) is 3.72. The molecule has 1 N–H and O–H groups in total. The highest BCUT2D eigenvalue weighted by atomic mass is 16.5. The zero-order valence-electron chi connectivity index (χ0n) is 16.0. The molecule has 0 atom stereocenters. The van der Waals surface area contributed by atoms with Gasteiger partial charge in [-0.25, -0.2) is 4.98 Å². The molecule has 0 bridgehead atoms. The van der Waals surface area contributed by atoms with Crippen LogP contribution in [0.5, 0.6) is 5.75 Å². The number of methoxy groups -OCH3 is 1. The normalized spacial score (nSPS) is 11.6. The molecule has 1 amide bonds. The fourth-order valence-corrected chi connectivity index (χ4v) is 2.95. The van der Waals surface area contributed by atoms with E-state index < -0.39 is 0 Å². The number of aryl methyl sites for hydroxylation is 1. The molecule has 0 aliphatic heterocycles. The van der Waals surface area contributed by atoms with Crippen LogP contribution in [-0.4, -0.2) is 22.4 Å². The zero-order valence-corrected chi connectivity index (χ0v) is 16.0. The van der Waals surface area contributed by atoms with E-state index in [1.165, 1.54) is 0 Å². The van der Waals surface area contributed by atoms with Crippen molar-refractivity contribution in [1.29, 1.82) is 0 Å². The van der Waals surface area contributed by atoms with Crippen LogP contribution in [0.2, 0.25) is 0 Å². The van der Waals surface area contributed by atoms with E-state index in [9.17, 15) is 4.79 Å². The molecule has 0 aliphatic rings. The summed E-state index contributed by atoms with van der Waals surface area (Å²) in [6.07, 6.45) is 2.36. The monoisotopic (exact) mass is 351 g/mol. The van der Waals surface area contributed by atoms with Gasteiger partial charge in [-0.15, -0.1) is 0 Å². The van der Waals surface area contributed by atoms with Crippen LogP contribution in [0.4, 0.5) is 5.82 Å². The maximum absolute atomic E-state index is 12.6. The number of anilines is 1. The summed E-state index contributed by atoms with van der Waals surface area (Å²) in [5.74, 6) is 1.36. The standard InChI is InChI=1S/C21H25N3O2/c1-14-10-11-24-17(12-14)22-19(15-8-6-7-9-16(15)26-5)20(24)23-18(25)13-21(2,3)4/h6-12H,13H2,1-5H3,(H,23,25). The van der Waals surface area contributed by atoms with Gasteiger partial charge in [0.2, 0.25) is 5.91 Å². The van der Waals surface area contributed by atoms with Gasteiger partial charge in [-0.05, 0) is 42.2 Å². The number of nitrogens with one attached hydrogen (secondary N) is 1. The molecule has 0 saturated heterocycles. The van der Waals surface area contributed by atoms with Crippen molar-refractivity contribution in [3.8, 4) is 17.0 Å². The number of carbonyl (C=O) groups is 1. The Morgan fingerprint density at radius 3 is 2.65 bits per heavy atom. The van der Waals surface area contributed by atoms with Crippen LogP contribution in [0.15, 0.2) is 42.6 Å². The molecule has 2 aromatic heterocycles. The number of aromatic nitrogens is 2. The van der Waals surface area contributed by atoms with E-state index >= 15 is 0 Å². The lowest BCUT2D eigenvalue weighted by molar-refractivity contribution is -0.117. The first-order chi connectivity index (χ1) is 12.3. The fourth-order valence-electron chi connectivity index (χ4n) is 2.95. The number of rotatable bonds is 4. The number of para-hydroxylation sites is 1. The minimum atomic E-state index is -0.0915. The minimum Gasteiger partial charge on any atom is -0.496 e. The first-order valence-corrected chi connectivity index (χ1v) is 8.70. The summed E-state index contributed by atoms with van der Waals surface area (Å²) in [4.78, 5) is 17.4. The Balaban J connectivity index is 2.14. The first kappa shape index (κ1) is 18.0. The van der Waals surface area contributed by atoms with Gasteiger partial charge in [0, 0.05) is 18.2 Å². The number of benzene rings is 1. The summed E-state index contributed by atoms with van der Waals surface area (Å²) in [5.41, 5.74) is 3.36. The molecule has 0 saturated carbocycles. The molecule has 2 heterocycles. The smallest absolute Gasteiger partial charge is 0.226 e. The first-order valence-electron chi connectivity index (χ1n) is 8.70. The Kier molecular flexibility index (Phi) is 4.72. The number of amides is 1. The van der Waals surface area contributed by atoms with Crippen LogP contribution >= 0.6 is 0 Å². The van der Waals surface area contributed by atoms with Crippen molar-refractivity contribution in [2.45, 2.75) is 34.1 Å². The molecule has 5 heteroatoms. The van der Waals surface area contributed by atoms with Crippen LogP contribution in [0.3, 0.4) is 0 Å². The number of carbonyl (C=O) groups excluding carboxylic acids is 1. The van der Waals surface area contributed by atoms with E-state index in [-0.39, 0.29) is 11.3 Å². The number of imidazole rings is 1. The molecular formula is C21H25N3O2. The number of pyridine rings is 1. The molecule has 136 valence electrons. The van der Waals surface area contributed by atoms with Gasteiger partial charge in [-0.2, -0.15) is 0 Å². The second kappa shape index (κ2) is 6.83. The maximum atomic E-state index is 12.6. The van der Waals surface area contributed by atoms with E-state index in [0.29, 0.717) is 17.9 Å². The highest BCUT2D eigenvalue weighted by Gasteiger charge is 2.22. The Morgan fingerprint density at radius 1 is 1.23 bits per heavy atom. The highest BCUT2D eigenvalue weighted by Crippen LogP contribution is 2.35. The zero-order chi connectivity index (χ0) is 18.9. The number of hydrogen-bond donors (Lipinski definition) is 1. The number of fused-ring (bicyclic) bond motifs is 1. The summed E-state index contributed by atoms with van der Waals surface area (Å²) in [6.45, 7) is 8.16. The number of ether oxygens (including phenoxy) is 1.